The van der Waals surface area contributed by atoms with E-state index in [0.717, 1.165) is 21.4 Å². The van der Waals surface area contributed by atoms with Crippen molar-refractivity contribution >= 4 is 45.8 Å². The number of benzene rings is 1. The van der Waals surface area contributed by atoms with E-state index in [9.17, 15) is 15.3 Å². The average Bonchev–Trinajstić information content (AvgIpc) is 3.20. The fraction of sp³-hybridized carbons (Fsp3) is 0.500. The van der Waals surface area contributed by atoms with Crippen LogP contribution in [0.5, 0.6) is 5.75 Å². The van der Waals surface area contributed by atoms with E-state index in [1.165, 1.54) is 0 Å². The highest BCUT2D eigenvalue weighted by Gasteiger charge is 2.31. The highest BCUT2D eigenvalue weighted by Crippen LogP contribution is 2.40. The zero-order valence-electron chi connectivity index (χ0n) is 19.7. The topological polar surface area (TPSA) is 106 Å². The first-order valence-corrected chi connectivity index (χ1v) is 13.3. The van der Waals surface area contributed by atoms with E-state index < -0.39 is 12.2 Å². The Morgan fingerprint density at radius 2 is 1.97 bits per heavy atom. The lowest BCUT2D eigenvalue weighted by atomic mass is 9.71. The van der Waals surface area contributed by atoms with E-state index in [1.807, 2.05) is 30.4 Å². The molecule has 5 N–H and O–H groups in total. The molecule has 1 aromatic carbocycles. The number of β-amino-alcohol motifs (C(OH)–C–C–N with tert-alkyl or cyclic N) is 1. The van der Waals surface area contributed by atoms with Gasteiger partial charge in [-0.05, 0) is 70.2 Å². The van der Waals surface area contributed by atoms with Crippen LogP contribution in [0.3, 0.4) is 0 Å². The normalized spacial score (nSPS) is 19.9. The maximum absolute atomic E-state index is 10.4. The van der Waals surface area contributed by atoms with Gasteiger partial charge in [0.15, 0.2) is 0 Å². The number of hydrogen-bond acceptors (Lipinski definition) is 8. The maximum atomic E-state index is 10.4. The molecule has 1 aromatic rings. The van der Waals surface area contributed by atoms with Gasteiger partial charge in [0.1, 0.15) is 40.6 Å². The fourth-order valence-electron chi connectivity index (χ4n) is 3.79. The Morgan fingerprint density at radius 1 is 1.23 bits per heavy atom. The van der Waals surface area contributed by atoms with Gasteiger partial charge >= 0.3 is 0 Å². The van der Waals surface area contributed by atoms with Crippen molar-refractivity contribution in [2.45, 2.75) is 37.9 Å². The van der Waals surface area contributed by atoms with Crippen molar-refractivity contribution in [3.05, 3.63) is 62.2 Å². The summed E-state index contributed by atoms with van der Waals surface area (Å²) >= 11 is 14.2. The van der Waals surface area contributed by atoms with Gasteiger partial charge in [-0.2, -0.15) is 0 Å². The van der Waals surface area contributed by atoms with E-state index in [1.54, 1.807) is 5.01 Å². The number of hydrogen-bond donors (Lipinski definition) is 5. The van der Waals surface area contributed by atoms with Gasteiger partial charge in [0.2, 0.25) is 0 Å². The SMILES string of the molecule is CC(C)(c1ccc(OC[C@@H](O)CCl)c(Cl)c1)C1C=CC(OC[C@@H](O)CN2NNC(CO)=C2I)=CC1. The molecule has 2 aliphatic rings. The van der Waals surface area contributed by atoms with Crippen LogP contribution in [0.1, 0.15) is 25.8 Å². The molecule has 0 saturated carbocycles. The first-order chi connectivity index (χ1) is 16.6. The summed E-state index contributed by atoms with van der Waals surface area (Å²) in [7, 11) is 0. The lowest BCUT2D eigenvalue weighted by molar-refractivity contribution is 0.0451. The van der Waals surface area contributed by atoms with Crippen molar-refractivity contribution in [2.24, 2.45) is 5.92 Å². The number of halogens is 3. The zero-order valence-corrected chi connectivity index (χ0v) is 23.3. The Morgan fingerprint density at radius 3 is 2.57 bits per heavy atom. The predicted octanol–water partition coefficient (Wildman–Crippen LogP) is 3.35. The largest absolute Gasteiger partial charge is 0.491 e. The second kappa shape index (κ2) is 12.8. The van der Waals surface area contributed by atoms with E-state index >= 15 is 0 Å². The van der Waals surface area contributed by atoms with Crippen LogP contribution in [0.4, 0.5) is 0 Å². The molecule has 0 amide bonds. The van der Waals surface area contributed by atoms with Crippen LogP contribution in [0.2, 0.25) is 5.02 Å². The molecule has 0 spiro atoms. The molecular formula is C24H32Cl2IN3O5. The molecule has 0 bridgehead atoms. The molecule has 1 heterocycles. The second-order valence-electron chi connectivity index (χ2n) is 9.03. The lowest BCUT2D eigenvalue weighted by Gasteiger charge is -2.34. The molecule has 194 valence electrons. The number of aliphatic hydroxyl groups excluding tert-OH is 3. The van der Waals surface area contributed by atoms with Crippen LogP contribution in [0.25, 0.3) is 0 Å². The van der Waals surface area contributed by atoms with Gasteiger partial charge in [0.05, 0.1) is 29.8 Å². The molecule has 8 nitrogen and oxygen atoms in total. The lowest BCUT2D eigenvalue weighted by Crippen LogP contribution is -2.42. The van der Waals surface area contributed by atoms with E-state index in [-0.39, 0.29) is 37.0 Å². The summed E-state index contributed by atoms with van der Waals surface area (Å²) in [5.41, 5.74) is 7.31. The van der Waals surface area contributed by atoms with Gasteiger partial charge in [-0.3, -0.25) is 5.01 Å². The number of nitrogens with zero attached hydrogens (tertiary/aromatic N) is 1. The smallest absolute Gasteiger partial charge is 0.138 e. The van der Waals surface area contributed by atoms with Crippen LogP contribution in [0.15, 0.2) is 51.6 Å². The molecule has 1 aliphatic heterocycles. The van der Waals surface area contributed by atoms with Crippen LogP contribution in [-0.2, 0) is 10.2 Å². The van der Waals surface area contributed by atoms with Crippen LogP contribution >= 0.6 is 45.8 Å². The summed E-state index contributed by atoms with van der Waals surface area (Å²) in [6.45, 7) is 4.78. The molecule has 0 saturated heterocycles. The number of allylic oxidation sites excluding steroid dienone is 3. The minimum Gasteiger partial charge on any atom is -0.491 e. The Balaban J connectivity index is 1.52. The van der Waals surface area contributed by atoms with Crippen molar-refractivity contribution in [3.8, 4) is 5.75 Å². The molecule has 0 aromatic heterocycles. The third kappa shape index (κ3) is 7.41. The van der Waals surface area contributed by atoms with Crippen LogP contribution in [-0.4, -0.2) is 64.8 Å². The number of aliphatic hydroxyl groups is 3. The van der Waals surface area contributed by atoms with Crippen molar-refractivity contribution in [3.63, 3.8) is 0 Å². The molecule has 3 rings (SSSR count). The fourth-order valence-corrected chi connectivity index (χ4v) is 4.74. The molecule has 3 atom stereocenters. The molecular weight excluding hydrogens is 608 g/mol. The second-order valence-corrected chi connectivity index (χ2v) is 10.8. The van der Waals surface area contributed by atoms with E-state index in [4.69, 9.17) is 32.7 Å². The Bertz CT molecular complexity index is 972. The predicted molar refractivity (Wildman–Crippen MR) is 145 cm³/mol. The standard InChI is InChI=1S/C24H32Cl2IN3O5/c1-24(2,16-5-8-22(20(26)9-16)35-13-17(32)10-25)15-3-6-19(7-4-15)34-14-18(33)11-30-23(27)21(12-31)28-29-30/h3,5-9,15,17-18,28-29,31-33H,4,10-14H2,1-2H3/t15?,17-,18-/m0/s1. The first-order valence-electron chi connectivity index (χ1n) is 11.3. The molecule has 35 heavy (non-hydrogen) atoms. The quantitative estimate of drug-likeness (QED) is 0.135. The summed E-state index contributed by atoms with van der Waals surface area (Å²) < 4.78 is 12.2. The van der Waals surface area contributed by atoms with E-state index in [2.05, 4.69) is 53.5 Å². The minimum absolute atomic E-state index is 0.0880. The van der Waals surface area contributed by atoms with Gasteiger partial charge in [0, 0.05) is 0 Å². The number of hydrazine groups is 2. The molecule has 0 radical (unpaired) electrons. The maximum Gasteiger partial charge on any atom is 0.138 e. The summed E-state index contributed by atoms with van der Waals surface area (Å²) in [6, 6.07) is 5.72. The van der Waals surface area contributed by atoms with Gasteiger partial charge in [-0.1, -0.05) is 37.6 Å². The third-order valence-electron chi connectivity index (χ3n) is 6.10. The number of nitrogens with one attached hydrogen (secondary N) is 2. The van der Waals surface area contributed by atoms with Crippen LogP contribution in [0, 0.1) is 5.92 Å². The van der Waals surface area contributed by atoms with Crippen molar-refractivity contribution in [1.82, 2.24) is 16.0 Å². The summed E-state index contributed by atoms with van der Waals surface area (Å²) in [6.07, 6.45) is 5.43. The van der Waals surface area contributed by atoms with Gasteiger partial charge in [-0.25, -0.2) is 0 Å². The minimum atomic E-state index is -0.742. The molecule has 1 unspecified atom stereocenters. The third-order valence-corrected chi connectivity index (χ3v) is 7.98. The Hall–Kier alpha value is -1.21. The van der Waals surface area contributed by atoms with Gasteiger partial charge in [0.25, 0.3) is 0 Å². The molecule has 11 heteroatoms. The summed E-state index contributed by atoms with van der Waals surface area (Å²) in [5.74, 6) is 1.57. The Labute approximate surface area is 229 Å². The summed E-state index contributed by atoms with van der Waals surface area (Å²) in [4.78, 5) is 0. The first kappa shape index (κ1) is 28.4. The van der Waals surface area contributed by atoms with E-state index in [0.29, 0.717) is 23.0 Å². The number of ether oxygens (including phenoxy) is 2. The van der Waals surface area contributed by atoms with Crippen LogP contribution < -0.4 is 15.7 Å². The highest BCUT2D eigenvalue weighted by molar-refractivity contribution is 14.1. The average molecular weight is 640 g/mol. The molecule has 1 aliphatic carbocycles. The zero-order chi connectivity index (χ0) is 25.6. The highest BCUT2D eigenvalue weighted by atomic mass is 127. The number of alkyl halides is 1. The van der Waals surface area contributed by atoms with Gasteiger partial charge < -0.3 is 30.2 Å². The van der Waals surface area contributed by atoms with Crippen molar-refractivity contribution in [1.29, 1.82) is 0 Å². The van der Waals surface area contributed by atoms with Crippen molar-refractivity contribution in [2.75, 3.05) is 32.2 Å². The monoisotopic (exact) mass is 639 g/mol. The molecule has 0 fully saturated rings. The van der Waals surface area contributed by atoms with Crippen molar-refractivity contribution < 1.29 is 24.8 Å². The van der Waals surface area contributed by atoms with Gasteiger partial charge in [-0.15, -0.1) is 17.1 Å². The Kier molecular flexibility index (Phi) is 10.4. The summed E-state index contributed by atoms with van der Waals surface area (Å²) in [5, 5.41) is 31.4. The number of rotatable bonds is 12.